The first-order valence-electron chi connectivity index (χ1n) is 8.59. The first kappa shape index (κ1) is 19.2. The Kier molecular flexibility index (Phi) is 5.32. The van der Waals surface area contributed by atoms with Crippen molar-refractivity contribution in [1.29, 1.82) is 0 Å². The summed E-state index contributed by atoms with van der Waals surface area (Å²) in [6, 6.07) is 3.61. The fourth-order valence-corrected chi connectivity index (χ4v) is 4.80. The predicted molar refractivity (Wildman–Crippen MR) is 92.4 cm³/mol. The highest BCUT2D eigenvalue weighted by Crippen LogP contribution is 2.37. The second-order valence-corrected chi connectivity index (χ2v) is 9.13. The highest BCUT2D eigenvalue weighted by Gasteiger charge is 2.45. The number of rotatable bonds is 5. The van der Waals surface area contributed by atoms with Gasteiger partial charge >= 0.3 is 0 Å². The maximum absolute atomic E-state index is 13.8. The van der Waals surface area contributed by atoms with Gasteiger partial charge in [-0.15, -0.1) is 0 Å². The molecule has 1 saturated carbocycles. The van der Waals surface area contributed by atoms with E-state index in [2.05, 4.69) is 4.72 Å². The Morgan fingerprint density at radius 2 is 1.85 bits per heavy atom. The molecule has 1 aromatic rings. The van der Waals surface area contributed by atoms with Gasteiger partial charge in [-0.2, -0.15) is 17.4 Å². The van der Waals surface area contributed by atoms with Gasteiger partial charge in [0.2, 0.25) is 5.91 Å². The number of hydrogen-bond acceptors (Lipinski definition) is 3. The molecule has 1 N–H and O–H groups in total. The molecule has 26 heavy (non-hydrogen) atoms. The van der Waals surface area contributed by atoms with Crippen molar-refractivity contribution in [2.24, 2.45) is 11.8 Å². The lowest BCUT2D eigenvalue weighted by Gasteiger charge is -2.38. The number of nitrogens with one attached hydrogen (secondary N) is 1. The van der Waals surface area contributed by atoms with Crippen molar-refractivity contribution in [1.82, 2.24) is 13.9 Å². The van der Waals surface area contributed by atoms with Crippen LogP contribution in [-0.2, 0) is 21.4 Å². The van der Waals surface area contributed by atoms with Gasteiger partial charge < -0.3 is 4.90 Å². The molecule has 0 spiro atoms. The van der Waals surface area contributed by atoms with Crippen LogP contribution in [0.3, 0.4) is 0 Å². The largest absolute Gasteiger partial charge is 0.342 e. The maximum atomic E-state index is 13.8. The number of fused-ring (bicyclic) bond motifs is 2. The number of carbonyl (C=O) groups is 1. The van der Waals surface area contributed by atoms with Gasteiger partial charge in [0, 0.05) is 38.8 Å². The van der Waals surface area contributed by atoms with E-state index in [0.29, 0.717) is 13.1 Å². The number of carbonyl (C=O) groups excluding carboxylic acids is 1. The van der Waals surface area contributed by atoms with Crippen molar-refractivity contribution >= 4 is 16.1 Å². The summed E-state index contributed by atoms with van der Waals surface area (Å²) in [6.07, 6.45) is 1.48. The number of hydrogen-bond donors (Lipinski definition) is 1. The van der Waals surface area contributed by atoms with Crippen LogP contribution in [0.15, 0.2) is 18.2 Å². The molecule has 1 amide bonds. The molecule has 2 bridgehead atoms. The first-order chi connectivity index (χ1) is 12.2. The van der Waals surface area contributed by atoms with Gasteiger partial charge in [-0.3, -0.25) is 4.79 Å². The third kappa shape index (κ3) is 3.74. The number of likely N-dealkylation sites (tertiary alicyclic amines) is 1. The molecule has 0 radical (unpaired) electrons. The van der Waals surface area contributed by atoms with E-state index in [-0.39, 0.29) is 35.8 Å². The molecular formula is C17H23F2N3O3S. The Labute approximate surface area is 152 Å². The summed E-state index contributed by atoms with van der Waals surface area (Å²) in [5.74, 6) is -2.15. The van der Waals surface area contributed by atoms with Crippen LogP contribution in [-0.4, -0.2) is 56.8 Å². The summed E-state index contributed by atoms with van der Waals surface area (Å²) in [7, 11) is -0.594. The zero-order chi connectivity index (χ0) is 19.1. The summed E-state index contributed by atoms with van der Waals surface area (Å²) in [5, 5.41) is 0. The second kappa shape index (κ2) is 7.21. The monoisotopic (exact) mass is 387 g/mol. The lowest BCUT2D eigenvalue weighted by Crippen LogP contribution is -2.55. The van der Waals surface area contributed by atoms with E-state index < -0.39 is 21.8 Å². The highest BCUT2D eigenvalue weighted by atomic mass is 32.2. The van der Waals surface area contributed by atoms with Gasteiger partial charge in [-0.1, -0.05) is 12.1 Å². The van der Waals surface area contributed by atoms with Gasteiger partial charge in [0.25, 0.3) is 10.2 Å². The number of nitrogens with zero attached hydrogens (tertiary/aromatic N) is 2. The molecule has 9 heteroatoms. The van der Waals surface area contributed by atoms with Gasteiger partial charge in [-0.05, 0) is 30.7 Å². The van der Waals surface area contributed by atoms with Crippen LogP contribution < -0.4 is 4.72 Å². The molecular weight excluding hydrogens is 364 g/mol. The van der Waals surface area contributed by atoms with Gasteiger partial charge in [-0.25, -0.2) is 8.78 Å². The van der Waals surface area contributed by atoms with Crippen molar-refractivity contribution < 1.29 is 22.0 Å². The van der Waals surface area contributed by atoms with Gasteiger partial charge in [0.05, 0.1) is 6.42 Å². The van der Waals surface area contributed by atoms with E-state index in [1.165, 1.54) is 26.2 Å². The smallest absolute Gasteiger partial charge is 0.279 e. The zero-order valence-electron chi connectivity index (χ0n) is 14.8. The molecule has 1 unspecified atom stereocenters. The number of piperidine rings is 1. The quantitative estimate of drug-likeness (QED) is 0.824. The third-order valence-electron chi connectivity index (χ3n) is 5.33. The average molecular weight is 387 g/mol. The Balaban J connectivity index is 1.67. The van der Waals surface area contributed by atoms with Crippen molar-refractivity contribution in [3.8, 4) is 0 Å². The molecule has 0 aromatic heterocycles. The lowest BCUT2D eigenvalue weighted by atomic mass is 9.92. The summed E-state index contributed by atoms with van der Waals surface area (Å²) in [5.41, 5.74) is 0.0396. The number of amides is 1. The minimum Gasteiger partial charge on any atom is -0.342 e. The van der Waals surface area contributed by atoms with E-state index in [1.807, 2.05) is 0 Å². The van der Waals surface area contributed by atoms with Crippen molar-refractivity contribution in [2.45, 2.75) is 25.3 Å². The Bertz CT molecular complexity index is 786. The number of halogens is 2. The molecule has 1 saturated heterocycles. The fourth-order valence-electron chi connectivity index (χ4n) is 3.86. The summed E-state index contributed by atoms with van der Waals surface area (Å²) in [6.45, 7) is 0.847. The Morgan fingerprint density at radius 1 is 1.23 bits per heavy atom. The highest BCUT2D eigenvalue weighted by molar-refractivity contribution is 7.87. The second-order valence-electron chi connectivity index (χ2n) is 7.22. The summed E-state index contributed by atoms with van der Waals surface area (Å²) in [4.78, 5) is 14.2. The minimum atomic E-state index is -3.53. The maximum Gasteiger partial charge on any atom is 0.279 e. The molecule has 3 rings (SSSR count). The Morgan fingerprint density at radius 3 is 2.42 bits per heavy atom. The average Bonchev–Trinajstić information content (AvgIpc) is 2.80. The molecule has 144 valence electrons. The molecule has 1 aliphatic carbocycles. The zero-order valence-corrected chi connectivity index (χ0v) is 15.6. The van der Waals surface area contributed by atoms with Gasteiger partial charge in [0.1, 0.15) is 0 Å². The molecule has 1 heterocycles. The van der Waals surface area contributed by atoms with Crippen LogP contribution >= 0.6 is 0 Å². The lowest BCUT2D eigenvalue weighted by molar-refractivity contribution is -0.132. The van der Waals surface area contributed by atoms with Crippen LogP contribution in [0.2, 0.25) is 0 Å². The van der Waals surface area contributed by atoms with Crippen LogP contribution in [0.1, 0.15) is 18.4 Å². The molecule has 2 fully saturated rings. The van der Waals surface area contributed by atoms with E-state index in [4.69, 9.17) is 0 Å². The van der Waals surface area contributed by atoms with Gasteiger partial charge in [0.15, 0.2) is 11.6 Å². The van der Waals surface area contributed by atoms with Crippen LogP contribution in [0.25, 0.3) is 0 Å². The SMILES string of the molecule is CN(C)S(=O)(=O)NC1[C@@H]2CC[C@H]1CN(C(=O)Cc1cccc(F)c1F)C2. The van der Waals surface area contributed by atoms with Crippen molar-refractivity contribution in [2.75, 3.05) is 27.2 Å². The molecule has 1 aromatic carbocycles. The summed E-state index contributed by atoms with van der Waals surface area (Å²) >= 11 is 0. The molecule has 2 aliphatic rings. The van der Waals surface area contributed by atoms with Crippen LogP contribution in [0.4, 0.5) is 8.78 Å². The Hall–Kier alpha value is -1.58. The molecule has 3 atom stereocenters. The predicted octanol–water partition coefficient (Wildman–Crippen LogP) is 1.14. The molecule has 1 aliphatic heterocycles. The van der Waals surface area contributed by atoms with E-state index in [9.17, 15) is 22.0 Å². The normalized spacial score (nSPS) is 25.7. The van der Waals surface area contributed by atoms with E-state index >= 15 is 0 Å². The van der Waals surface area contributed by atoms with Crippen molar-refractivity contribution in [3.05, 3.63) is 35.4 Å². The standard InChI is InChI=1S/C17H23F2N3O3S/c1-21(2)26(24,25)20-17-12-6-7-13(17)10-22(9-12)15(23)8-11-4-3-5-14(18)16(11)19/h3-5,12-13,17,20H,6-10H2,1-2H3/t12-,13+,17?. The van der Waals surface area contributed by atoms with E-state index in [0.717, 1.165) is 23.2 Å². The van der Waals surface area contributed by atoms with Crippen LogP contribution in [0.5, 0.6) is 0 Å². The third-order valence-corrected chi connectivity index (χ3v) is 6.86. The minimum absolute atomic E-state index is 0.0322. The summed E-state index contributed by atoms with van der Waals surface area (Å²) < 4.78 is 55.2. The first-order valence-corrected chi connectivity index (χ1v) is 10.0. The van der Waals surface area contributed by atoms with E-state index in [1.54, 1.807) is 4.90 Å². The van der Waals surface area contributed by atoms with Crippen LogP contribution in [0, 0.1) is 23.5 Å². The topological polar surface area (TPSA) is 69.7 Å². The fraction of sp³-hybridized carbons (Fsp3) is 0.588. The van der Waals surface area contributed by atoms with Crippen molar-refractivity contribution in [3.63, 3.8) is 0 Å². The molecule has 6 nitrogen and oxygen atoms in total. The number of benzene rings is 1.